The molecule has 0 spiro atoms. The van der Waals surface area contributed by atoms with Crippen molar-refractivity contribution in [3.8, 4) is 0 Å². The van der Waals surface area contributed by atoms with Crippen LogP contribution in [-0.4, -0.2) is 24.5 Å². The number of benzene rings is 2. The van der Waals surface area contributed by atoms with Crippen LogP contribution < -0.4 is 5.32 Å². The molecule has 0 heterocycles. The molecule has 0 bridgehead atoms. The largest absolute Gasteiger partial charge is 0.309 e. The highest BCUT2D eigenvalue weighted by Crippen LogP contribution is 2.41. The van der Waals surface area contributed by atoms with E-state index in [1.807, 2.05) is 0 Å². The molecular weight excluding hydrogens is 389 g/mol. The van der Waals surface area contributed by atoms with Gasteiger partial charge in [-0.05, 0) is 55.3 Å². The lowest BCUT2D eigenvalue weighted by Crippen LogP contribution is -2.19. The highest BCUT2D eigenvalue weighted by molar-refractivity contribution is 5.85. The van der Waals surface area contributed by atoms with Crippen LogP contribution in [0.3, 0.4) is 0 Å². The fourth-order valence-electron chi connectivity index (χ4n) is 3.32. The zero-order chi connectivity index (χ0) is 17.8. The molecule has 2 nitrogen and oxygen atoms in total. The number of hydrogen-bond acceptors (Lipinski definition) is 2. The van der Waals surface area contributed by atoms with Crippen molar-refractivity contribution in [3.63, 3.8) is 0 Å². The van der Waals surface area contributed by atoms with E-state index < -0.39 is 11.6 Å². The predicted octanol–water partition coefficient (Wildman–Crippen LogP) is 5.30. The predicted molar refractivity (Wildman–Crippen MR) is 112 cm³/mol. The molecule has 0 aliphatic heterocycles. The first-order valence-electron chi connectivity index (χ1n) is 9.01. The molecule has 1 saturated carbocycles. The van der Waals surface area contributed by atoms with Gasteiger partial charge in [0.05, 0.1) is 0 Å². The summed E-state index contributed by atoms with van der Waals surface area (Å²) in [5, 5.41) is 3.51. The van der Waals surface area contributed by atoms with Gasteiger partial charge >= 0.3 is 0 Å². The smallest absolute Gasteiger partial charge is 0.159 e. The summed E-state index contributed by atoms with van der Waals surface area (Å²) >= 11 is 0. The fraction of sp³-hybridized carbons (Fsp3) is 0.429. The van der Waals surface area contributed by atoms with Gasteiger partial charge in [0.1, 0.15) is 0 Å². The molecule has 1 aliphatic rings. The first-order chi connectivity index (χ1) is 12.1. The standard InChI is InChI=1S/C21H26F2N2.2ClH/c1-3-10-25(2)14-16-6-4-15(5-7-16)13-24-21-12-18(21)17-8-9-19(22)20(23)11-17;;/h4-9,11,18,21,24H,3,10,12-14H2,1-2H3;2*1H/t18-,21+;;/m0../s1. The molecule has 6 heteroatoms. The molecule has 1 N–H and O–H groups in total. The Morgan fingerprint density at radius 2 is 1.67 bits per heavy atom. The summed E-state index contributed by atoms with van der Waals surface area (Å²) in [7, 11) is 2.14. The van der Waals surface area contributed by atoms with Crippen LogP contribution in [0.1, 0.15) is 42.4 Å². The number of nitrogens with zero attached hydrogens (tertiary/aromatic N) is 1. The summed E-state index contributed by atoms with van der Waals surface area (Å²) in [6.07, 6.45) is 2.14. The molecule has 1 fully saturated rings. The van der Waals surface area contributed by atoms with Gasteiger partial charge in [-0.15, -0.1) is 24.8 Å². The van der Waals surface area contributed by atoms with E-state index in [2.05, 4.69) is 48.5 Å². The van der Waals surface area contributed by atoms with Crippen LogP contribution in [0.2, 0.25) is 0 Å². The fourth-order valence-corrected chi connectivity index (χ4v) is 3.32. The Labute approximate surface area is 173 Å². The summed E-state index contributed by atoms with van der Waals surface area (Å²) in [6, 6.07) is 13.3. The lowest BCUT2D eigenvalue weighted by atomic mass is 10.1. The Morgan fingerprint density at radius 1 is 1.00 bits per heavy atom. The molecule has 0 radical (unpaired) electrons. The molecule has 150 valence electrons. The molecule has 3 rings (SSSR count). The Hall–Kier alpha value is -1.20. The quantitative estimate of drug-likeness (QED) is 0.628. The highest BCUT2D eigenvalue weighted by Gasteiger charge is 2.38. The summed E-state index contributed by atoms with van der Waals surface area (Å²) in [4.78, 5) is 2.32. The summed E-state index contributed by atoms with van der Waals surface area (Å²) in [5.41, 5.74) is 3.45. The topological polar surface area (TPSA) is 15.3 Å². The number of nitrogens with one attached hydrogen (secondary N) is 1. The Kier molecular flexibility index (Phi) is 9.68. The first kappa shape index (κ1) is 23.8. The average molecular weight is 417 g/mol. The monoisotopic (exact) mass is 416 g/mol. The van der Waals surface area contributed by atoms with Crippen LogP contribution in [0.15, 0.2) is 42.5 Å². The maximum Gasteiger partial charge on any atom is 0.159 e. The van der Waals surface area contributed by atoms with E-state index in [1.54, 1.807) is 6.07 Å². The molecule has 2 atom stereocenters. The third kappa shape index (κ3) is 6.72. The second kappa shape index (κ2) is 11.0. The van der Waals surface area contributed by atoms with Crippen molar-refractivity contribution in [2.75, 3.05) is 13.6 Å². The zero-order valence-electron chi connectivity index (χ0n) is 15.8. The molecule has 1 aliphatic carbocycles. The van der Waals surface area contributed by atoms with Crippen LogP contribution in [0.4, 0.5) is 8.78 Å². The van der Waals surface area contributed by atoms with Crippen LogP contribution in [0.25, 0.3) is 0 Å². The van der Waals surface area contributed by atoms with Crippen LogP contribution in [0, 0.1) is 11.6 Å². The molecule has 2 aromatic rings. The van der Waals surface area contributed by atoms with Gasteiger partial charge in [0, 0.05) is 25.0 Å². The van der Waals surface area contributed by atoms with E-state index in [-0.39, 0.29) is 30.7 Å². The minimum absolute atomic E-state index is 0. The lowest BCUT2D eigenvalue weighted by molar-refractivity contribution is 0.327. The number of rotatable bonds is 8. The molecule has 27 heavy (non-hydrogen) atoms. The van der Waals surface area contributed by atoms with E-state index in [0.29, 0.717) is 6.04 Å². The van der Waals surface area contributed by atoms with Crippen LogP contribution >= 0.6 is 24.8 Å². The minimum atomic E-state index is -0.779. The van der Waals surface area contributed by atoms with Gasteiger partial charge in [0.2, 0.25) is 0 Å². The van der Waals surface area contributed by atoms with Gasteiger partial charge in [-0.3, -0.25) is 0 Å². The van der Waals surface area contributed by atoms with Crippen molar-refractivity contribution >= 4 is 24.8 Å². The van der Waals surface area contributed by atoms with Gasteiger partial charge in [-0.1, -0.05) is 37.3 Å². The van der Waals surface area contributed by atoms with E-state index in [4.69, 9.17) is 0 Å². The van der Waals surface area contributed by atoms with Crippen molar-refractivity contribution < 1.29 is 8.78 Å². The van der Waals surface area contributed by atoms with Crippen molar-refractivity contribution in [1.82, 2.24) is 10.2 Å². The first-order valence-corrected chi connectivity index (χ1v) is 9.01. The second-order valence-electron chi connectivity index (χ2n) is 7.06. The van der Waals surface area contributed by atoms with Crippen LogP contribution in [-0.2, 0) is 13.1 Å². The van der Waals surface area contributed by atoms with Gasteiger partial charge < -0.3 is 10.2 Å². The van der Waals surface area contributed by atoms with Gasteiger partial charge in [0.25, 0.3) is 0 Å². The van der Waals surface area contributed by atoms with Crippen molar-refractivity contribution in [3.05, 3.63) is 70.8 Å². The molecular formula is C21H28Cl2F2N2. The third-order valence-electron chi connectivity index (χ3n) is 4.81. The van der Waals surface area contributed by atoms with Gasteiger partial charge in [0.15, 0.2) is 11.6 Å². The molecule has 0 unspecified atom stereocenters. The Morgan fingerprint density at radius 3 is 2.30 bits per heavy atom. The molecule has 0 amide bonds. The lowest BCUT2D eigenvalue weighted by Gasteiger charge is -2.15. The summed E-state index contributed by atoms with van der Waals surface area (Å²) in [6.45, 7) is 5.07. The van der Waals surface area contributed by atoms with Crippen LogP contribution in [0.5, 0.6) is 0 Å². The number of hydrogen-bond donors (Lipinski definition) is 1. The van der Waals surface area contributed by atoms with Crippen molar-refractivity contribution in [1.29, 1.82) is 0 Å². The average Bonchev–Trinajstić information content (AvgIpc) is 3.37. The molecule has 0 saturated heterocycles. The van der Waals surface area contributed by atoms with E-state index in [1.165, 1.54) is 29.7 Å². The maximum absolute atomic E-state index is 13.3. The highest BCUT2D eigenvalue weighted by atomic mass is 35.5. The molecule has 0 aromatic heterocycles. The van der Waals surface area contributed by atoms with Crippen molar-refractivity contribution in [2.24, 2.45) is 0 Å². The van der Waals surface area contributed by atoms with E-state index in [0.717, 1.165) is 31.6 Å². The number of halogens is 4. The molecule has 2 aromatic carbocycles. The van der Waals surface area contributed by atoms with Gasteiger partial charge in [-0.25, -0.2) is 8.78 Å². The van der Waals surface area contributed by atoms with E-state index >= 15 is 0 Å². The SMILES string of the molecule is CCCN(C)Cc1ccc(CN[C@@H]2C[C@H]2c2ccc(F)c(F)c2)cc1.Cl.Cl. The Balaban J connectivity index is 0.00000182. The van der Waals surface area contributed by atoms with E-state index in [9.17, 15) is 8.78 Å². The normalized spacial score (nSPS) is 18.0. The van der Waals surface area contributed by atoms with Gasteiger partial charge in [-0.2, -0.15) is 0 Å². The third-order valence-corrected chi connectivity index (χ3v) is 4.81. The maximum atomic E-state index is 13.3. The second-order valence-corrected chi connectivity index (χ2v) is 7.06. The summed E-state index contributed by atoms with van der Waals surface area (Å²) in [5.74, 6) is -1.25. The Bertz CT molecular complexity index is 710. The minimum Gasteiger partial charge on any atom is -0.309 e. The zero-order valence-corrected chi connectivity index (χ0v) is 17.4. The van der Waals surface area contributed by atoms with Crippen molar-refractivity contribution in [2.45, 2.75) is 44.8 Å². The summed E-state index contributed by atoms with van der Waals surface area (Å²) < 4.78 is 26.3.